The minimum absolute atomic E-state index is 0.485. The molecule has 0 saturated carbocycles. The second-order valence-corrected chi connectivity index (χ2v) is 3.73. The van der Waals surface area contributed by atoms with Gasteiger partial charge in [-0.3, -0.25) is 0 Å². The molecule has 1 N–H and O–H groups in total. The van der Waals surface area contributed by atoms with E-state index in [4.69, 9.17) is 14.7 Å². The van der Waals surface area contributed by atoms with Gasteiger partial charge in [-0.1, -0.05) is 13.0 Å². The highest BCUT2D eigenvalue weighted by molar-refractivity contribution is 5.43. The standard InChI is InChI=1S/C13H17NO3/c1-4-11(8-14)17-12-6-5-10(9(2)15)7-13(12)16-3/h5-7,9,11,15H,4H2,1-3H3/t9-,11?/m1/s1. The van der Waals surface area contributed by atoms with E-state index in [9.17, 15) is 5.11 Å². The van der Waals surface area contributed by atoms with Crippen molar-refractivity contribution in [3.05, 3.63) is 23.8 Å². The van der Waals surface area contributed by atoms with Crippen molar-refractivity contribution >= 4 is 0 Å². The second-order valence-electron chi connectivity index (χ2n) is 3.73. The summed E-state index contributed by atoms with van der Waals surface area (Å²) in [6, 6.07) is 7.24. The fourth-order valence-electron chi connectivity index (χ4n) is 1.40. The van der Waals surface area contributed by atoms with Crippen molar-refractivity contribution in [3.63, 3.8) is 0 Å². The average Bonchev–Trinajstić information content (AvgIpc) is 2.35. The fraction of sp³-hybridized carbons (Fsp3) is 0.462. The van der Waals surface area contributed by atoms with Crippen LogP contribution in [0.4, 0.5) is 0 Å². The monoisotopic (exact) mass is 235 g/mol. The molecule has 1 unspecified atom stereocenters. The van der Waals surface area contributed by atoms with Gasteiger partial charge in [0.05, 0.1) is 13.2 Å². The van der Waals surface area contributed by atoms with Gasteiger partial charge in [0.15, 0.2) is 17.6 Å². The van der Waals surface area contributed by atoms with E-state index in [2.05, 4.69) is 6.07 Å². The number of hydrogen-bond donors (Lipinski definition) is 1. The van der Waals surface area contributed by atoms with Crippen LogP contribution in [0.2, 0.25) is 0 Å². The van der Waals surface area contributed by atoms with Crippen molar-refractivity contribution in [2.24, 2.45) is 0 Å². The predicted octanol–water partition coefficient (Wildman–Crippen LogP) is 2.43. The zero-order valence-corrected chi connectivity index (χ0v) is 10.3. The molecule has 92 valence electrons. The normalized spacial score (nSPS) is 13.6. The molecule has 0 radical (unpaired) electrons. The van der Waals surface area contributed by atoms with Gasteiger partial charge in [0.2, 0.25) is 0 Å². The lowest BCUT2D eigenvalue weighted by molar-refractivity contribution is 0.198. The van der Waals surface area contributed by atoms with E-state index >= 15 is 0 Å². The van der Waals surface area contributed by atoms with E-state index in [1.165, 1.54) is 7.11 Å². The molecule has 17 heavy (non-hydrogen) atoms. The summed E-state index contributed by atoms with van der Waals surface area (Å²) >= 11 is 0. The van der Waals surface area contributed by atoms with Crippen molar-refractivity contribution in [2.75, 3.05) is 7.11 Å². The van der Waals surface area contributed by atoms with Gasteiger partial charge in [-0.15, -0.1) is 0 Å². The number of hydrogen-bond acceptors (Lipinski definition) is 4. The summed E-state index contributed by atoms with van der Waals surface area (Å²) in [5.41, 5.74) is 0.749. The van der Waals surface area contributed by atoms with Gasteiger partial charge in [0.1, 0.15) is 6.07 Å². The van der Waals surface area contributed by atoms with Crippen LogP contribution in [0.25, 0.3) is 0 Å². The number of nitriles is 1. The van der Waals surface area contributed by atoms with Gasteiger partial charge >= 0.3 is 0 Å². The SMILES string of the molecule is CCC(C#N)Oc1ccc([C@@H](C)O)cc1OC. The average molecular weight is 235 g/mol. The summed E-state index contributed by atoms with van der Waals surface area (Å²) in [5.74, 6) is 1.04. The van der Waals surface area contributed by atoms with Gasteiger partial charge in [0, 0.05) is 0 Å². The minimum atomic E-state index is -0.559. The Balaban J connectivity index is 2.97. The maximum atomic E-state index is 9.46. The molecule has 4 nitrogen and oxygen atoms in total. The Hall–Kier alpha value is -1.73. The van der Waals surface area contributed by atoms with E-state index in [1.807, 2.05) is 6.92 Å². The second kappa shape index (κ2) is 6.12. The molecular weight excluding hydrogens is 218 g/mol. The third-order valence-electron chi connectivity index (χ3n) is 2.45. The molecule has 1 aromatic carbocycles. The maximum absolute atomic E-state index is 9.46. The lowest BCUT2D eigenvalue weighted by atomic mass is 10.1. The smallest absolute Gasteiger partial charge is 0.184 e. The number of methoxy groups -OCH3 is 1. The third-order valence-corrected chi connectivity index (χ3v) is 2.45. The molecule has 0 aliphatic heterocycles. The third kappa shape index (κ3) is 3.36. The number of benzene rings is 1. The number of nitrogens with zero attached hydrogens (tertiary/aromatic N) is 1. The first kappa shape index (κ1) is 13.3. The quantitative estimate of drug-likeness (QED) is 0.851. The van der Waals surface area contributed by atoms with Crippen LogP contribution in [0.3, 0.4) is 0 Å². The summed E-state index contributed by atoms with van der Waals surface area (Å²) in [6.07, 6.45) is -0.435. The summed E-state index contributed by atoms with van der Waals surface area (Å²) in [6.45, 7) is 3.56. The van der Waals surface area contributed by atoms with Crippen LogP contribution < -0.4 is 9.47 Å². The molecule has 0 amide bonds. The predicted molar refractivity (Wildman–Crippen MR) is 63.9 cm³/mol. The highest BCUT2D eigenvalue weighted by Gasteiger charge is 2.12. The fourth-order valence-corrected chi connectivity index (χ4v) is 1.40. The number of rotatable bonds is 5. The Labute approximate surface area is 101 Å². The van der Waals surface area contributed by atoms with Crippen LogP contribution in [0.1, 0.15) is 31.9 Å². The largest absolute Gasteiger partial charge is 0.493 e. The highest BCUT2D eigenvalue weighted by Crippen LogP contribution is 2.31. The Morgan fingerprint density at radius 2 is 2.12 bits per heavy atom. The molecule has 0 saturated heterocycles. The Morgan fingerprint density at radius 1 is 1.41 bits per heavy atom. The van der Waals surface area contributed by atoms with Crippen molar-refractivity contribution < 1.29 is 14.6 Å². The number of ether oxygens (including phenoxy) is 2. The summed E-state index contributed by atoms with van der Waals surface area (Å²) < 4.78 is 10.7. The Morgan fingerprint density at radius 3 is 2.59 bits per heavy atom. The minimum Gasteiger partial charge on any atom is -0.493 e. The maximum Gasteiger partial charge on any atom is 0.184 e. The topological polar surface area (TPSA) is 62.5 Å². The van der Waals surface area contributed by atoms with Gasteiger partial charge in [-0.05, 0) is 31.0 Å². The van der Waals surface area contributed by atoms with Crippen LogP contribution in [0, 0.1) is 11.3 Å². The first-order valence-corrected chi connectivity index (χ1v) is 5.54. The Kier molecular flexibility index (Phi) is 4.80. The zero-order chi connectivity index (χ0) is 12.8. The van der Waals surface area contributed by atoms with Crippen LogP contribution in [-0.2, 0) is 0 Å². The number of aliphatic hydroxyl groups is 1. The zero-order valence-electron chi connectivity index (χ0n) is 10.3. The van der Waals surface area contributed by atoms with E-state index in [1.54, 1.807) is 25.1 Å². The Bertz CT molecular complexity index is 410. The van der Waals surface area contributed by atoms with Crippen molar-refractivity contribution in [1.82, 2.24) is 0 Å². The summed E-state index contributed by atoms with van der Waals surface area (Å²) in [7, 11) is 1.53. The van der Waals surface area contributed by atoms with Crippen LogP contribution in [0.5, 0.6) is 11.5 Å². The molecule has 1 rings (SSSR count). The molecule has 0 spiro atoms. The van der Waals surface area contributed by atoms with Crippen molar-refractivity contribution in [3.8, 4) is 17.6 Å². The van der Waals surface area contributed by atoms with Crippen LogP contribution in [0.15, 0.2) is 18.2 Å². The first-order valence-electron chi connectivity index (χ1n) is 5.54. The molecule has 1 aromatic rings. The summed E-state index contributed by atoms with van der Waals surface area (Å²) in [4.78, 5) is 0. The summed E-state index contributed by atoms with van der Waals surface area (Å²) in [5, 5.41) is 18.3. The molecule has 0 bridgehead atoms. The van der Waals surface area contributed by atoms with E-state index in [-0.39, 0.29) is 0 Å². The van der Waals surface area contributed by atoms with E-state index in [0.717, 1.165) is 5.56 Å². The van der Waals surface area contributed by atoms with E-state index in [0.29, 0.717) is 17.9 Å². The molecule has 0 fully saturated rings. The van der Waals surface area contributed by atoms with Crippen LogP contribution >= 0.6 is 0 Å². The van der Waals surface area contributed by atoms with Crippen LogP contribution in [-0.4, -0.2) is 18.3 Å². The molecule has 0 aliphatic carbocycles. The first-order chi connectivity index (χ1) is 8.12. The van der Waals surface area contributed by atoms with Gasteiger partial charge in [0.25, 0.3) is 0 Å². The van der Waals surface area contributed by atoms with E-state index < -0.39 is 12.2 Å². The lowest BCUT2D eigenvalue weighted by Gasteiger charge is -2.15. The molecule has 0 aliphatic rings. The van der Waals surface area contributed by atoms with Crippen molar-refractivity contribution in [1.29, 1.82) is 5.26 Å². The lowest BCUT2D eigenvalue weighted by Crippen LogP contribution is -2.13. The highest BCUT2D eigenvalue weighted by atomic mass is 16.5. The number of aliphatic hydroxyl groups excluding tert-OH is 1. The molecule has 0 aromatic heterocycles. The molecule has 2 atom stereocenters. The molecular formula is C13H17NO3. The van der Waals surface area contributed by atoms with Gasteiger partial charge < -0.3 is 14.6 Å². The molecule has 0 heterocycles. The molecule has 4 heteroatoms. The van der Waals surface area contributed by atoms with Gasteiger partial charge in [-0.2, -0.15) is 5.26 Å². The van der Waals surface area contributed by atoms with Crippen molar-refractivity contribution in [2.45, 2.75) is 32.5 Å². The van der Waals surface area contributed by atoms with Gasteiger partial charge in [-0.25, -0.2) is 0 Å².